The number of carbonyl (C=O) groups is 1. The van der Waals surface area contributed by atoms with Crippen LogP contribution in [0.4, 0.5) is 0 Å². The van der Waals surface area contributed by atoms with E-state index < -0.39 is 0 Å². The summed E-state index contributed by atoms with van der Waals surface area (Å²) >= 11 is 1.59. The highest BCUT2D eigenvalue weighted by Crippen LogP contribution is 2.17. The van der Waals surface area contributed by atoms with Gasteiger partial charge in [-0.05, 0) is 6.92 Å². The molecule has 1 heterocycles. The lowest BCUT2D eigenvalue weighted by atomic mass is 10.2. The van der Waals surface area contributed by atoms with Gasteiger partial charge in [0.2, 0.25) is 0 Å². The van der Waals surface area contributed by atoms with Crippen LogP contribution in [0.15, 0.2) is 16.8 Å². The molecule has 66 valence electrons. The SMILES string of the molecule is CC(=O)C1=CN=C(N(C)C)SC1. The van der Waals surface area contributed by atoms with E-state index in [1.165, 1.54) is 0 Å². The van der Waals surface area contributed by atoms with Gasteiger partial charge in [0, 0.05) is 31.6 Å². The number of aliphatic imine (C=N–C) groups is 1. The van der Waals surface area contributed by atoms with Crippen molar-refractivity contribution in [3.8, 4) is 0 Å². The Kier molecular flexibility index (Phi) is 2.92. The molecule has 0 unspecified atom stereocenters. The van der Waals surface area contributed by atoms with Gasteiger partial charge in [0.25, 0.3) is 0 Å². The zero-order valence-corrected chi connectivity index (χ0v) is 8.31. The molecule has 1 aliphatic rings. The number of ketones is 1. The number of hydrogen-bond acceptors (Lipinski definition) is 4. The zero-order valence-electron chi connectivity index (χ0n) is 7.50. The summed E-state index contributed by atoms with van der Waals surface area (Å²) in [5.41, 5.74) is 0.797. The molecule has 0 bridgehead atoms. The molecule has 0 fully saturated rings. The van der Waals surface area contributed by atoms with E-state index in [1.54, 1.807) is 24.9 Å². The van der Waals surface area contributed by atoms with Crippen LogP contribution in [0, 0.1) is 0 Å². The van der Waals surface area contributed by atoms with Gasteiger partial charge in [0.1, 0.15) is 0 Å². The van der Waals surface area contributed by atoms with Crippen molar-refractivity contribution < 1.29 is 4.79 Å². The molecular weight excluding hydrogens is 172 g/mol. The molecule has 1 rings (SSSR count). The summed E-state index contributed by atoms with van der Waals surface area (Å²) in [6.07, 6.45) is 1.66. The van der Waals surface area contributed by atoms with E-state index in [4.69, 9.17) is 0 Å². The fourth-order valence-electron chi connectivity index (χ4n) is 0.787. The number of hydrogen-bond donors (Lipinski definition) is 0. The monoisotopic (exact) mass is 184 g/mol. The molecular formula is C8H12N2OS. The summed E-state index contributed by atoms with van der Waals surface area (Å²) in [6, 6.07) is 0. The summed E-state index contributed by atoms with van der Waals surface area (Å²) in [5.74, 6) is 0.857. The maximum absolute atomic E-state index is 10.9. The lowest BCUT2D eigenvalue weighted by Gasteiger charge is -2.17. The van der Waals surface area contributed by atoms with E-state index in [0.29, 0.717) is 0 Å². The number of thioether (sulfide) groups is 1. The van der Waals surface area contributed by atoms with Gasteiger partial charge in [0.15, 0.2) is 11.0 Å². The van der Waals surface area contributed by atoms with Crippen LogP contribution in [-0.4, -0.2) is 35.7 Å². The second kappa shape index (κ2) is 3.76. The van der Waals surface area contributed by atoms with E-state index in [1.807, 2.05) is 19.0 Å². The van der Waals surface area contributed by atoms with E-state index in [9.17, 15) is 4.79 Å². The number of amidine groups is 1. The Hall–Kier alpha value is -0.770. The highest BCUT2D eigenvalue weighted by Gasteiger charge is 2.12. The first-order chi connectivity index (χ1) is 5.61. The normalized spacial score (nSPS) is 16.6. The van der Waals surface area contributed by atoms with Crippen LogP contribution in [0.25, 0.3) is 0 Å². The second-order valence-electron chi connectivity index (χ2n) is 2.81. The van der Waals surface area contributed by atoms with Crippen molar-refractivity contribution in [1.82, 2.24) is 4.90 Å². The fourth-order valence-corrected chi connectivity index (χ4v) is 1.73. The molecule has 0 aromatic heterocycles. The molecule has 0 amide bonds. The Labute approximate surface area is 76.5 Å². The van der Waals surface area contributed by atoms with Crippen molar-refractivity contribution in [2.45, 2.75) is 6.92 Å². The highest BCUT2D eigenvalue weighted by molar-refractivity contribution is 8.14. The van der Waals surface area contributed by atoms with Gasteiger partial charge in [0.05, 0.1) is 0 Å². The van der Waals surface area contributed by atoms with Gasteiger partial charge in [-0.3, -0.25) is 4.79 Å². The lowest BCUT2D eigenvalue weighted by Crippen LogP contribution is -2.21. The van der Waals surface area contributed by atoms with E-state index in [0.717, 1.165) is 16.5 Å². The van der Waals surface area contributed by atoms with Crippen molar-refractivity contribution in [2.75, 3.05) is 19.8 Å². The molecule has 0 aromatic rings. The second-order valence-corrected chi connectivity index (χ2v) is 3.75. The minimum Gasteiger partial charge on any atom is -0.357 e. The van der Waals surface area contributed by atoms with Gasteiger partial charge in [-0.1, -0.05) is 11.8 Å². The first-order valence-corrected chi connectivity index (χ1v) is 4.67. The Balaban J connectivity index is 2.73. The summed E-state index contributed by atoms with van der Waals surface area (Å²) in [5, 5.41) is 0.958. The number of rotatable bonds is 1. The van der Waals surface area contributed by atoms with Gasteiger partial charge in [-0.2, -0.15) is 0 Å². The molecule has 0 N–H and O–H groups in total. The van der Waals surface area contributed by atoms with Crippen LogP contribution in [0.2, 0.25) is 0 Å². The molecule has 4 heteroatoms. The molecule has 0 atom stereocenters. The molecule has 1 aliphatic heterocycles. The van der Waals surface area contributed by atoms with E-state index in [-0.39, 0.29) is 5.78 Å². The number of Topliss-reactive ketones (excluding diaryl/α,β-unsaturated/α-hetero) is 1. The number of carbonyl (C=O) groups excluding carboxylic acids is 1. The summed E-state index contributed by atoms with van der Waals surface area (Å²) in [4.78, 5) is 17.0. The molecule has 0 radical (unpaired) electrons. The fraction of sp³-hybridized carbons (Fsp3) is 0.500. The van der Waals surface area contributed by atoms with Gasteiger partial charge < -0.3 is 4.90 Å². The van der Waals surface area contributed by atoms with Crippen molar-refractivity contribution in [3.63, 3.8) is 0 Å². The van der Waals surface area contributed by atoms with E-state index in [2.05, 4.69) is 4.99 Å². The summed E-state index contributed by atoms with van der Waals surface area (Å²) in [7, 11) is 3.89. The van der Waals surface area contributed by atoms with Crippen LogP contribution >= 0.6 is 11.8 Å². The Morgan fingerprint density at radius 1 is 1.67 bits per heavy atom. The van der Waals surface area contributed by atoms with Crippen molar-refractivity contribution in [3.05, 3.63) is 11.8 Å². The van der Waals surface area contributed by atoms with Crippen molar-refractivity contribution >= 4 is 22.7 Å². The van der Waals surface area contributed by atoms with Crippen LogP contribution in [0.5, 0.6) is 0 Å². The largest absolute Gasteiger partial charge is 0.357 e. The minimum absolute atomic E-state index is 0.115. The Bertz CT molecular complexity index is 256. The Morgan fingerprint density at radius 3 is 2.67 bits per heavy atom. The zero-order chi connectivity index (χ0) is 9.14. The predicted molar refractivity (Wildman–Crippen MR) is 52.3 cm³/mol. The van der Waals surface area contributed by atoms with Crippen LogP contribution in [0.1, 0.15) is 6.92 Å². The molecule has 12 heavy (non-hydrogen) atoms. The predicted octanol–water partition coefficient (Wildman–Crippen LogP) is 1.12. The average Bonchev–Trinajstić information content (AvgIpc) is 2.04. The first-order valence-electron chi connectivity index (χ1n) is 3.69. The minimum atomic E-state index is 0.115. The van der Waals surface area contributed by atoms with E-state index >= 15 is 0 Å². The van der Waals surface area contributed by atoms with Crippen LogP contribution in [-0.2, 0) is 4.79 Å². The molecule has 0 aliphatic carbocycles. The molecule has 0 aromatic carbocycles. The van der Waals surface area contributed by atoms with Gasteiger partial charge >= 0.3 is 0 Å². The Morgan fingerprint density at radius 2 is 2.33 bits per heavy atom. The van der Waals surface area contributed by atoms with Crippen molar-refractivity contribution in [1.29, 1.82) is 0 Å². The molecule has 0 spiro atoms. The summed E-state index contributed by atoms with van der Waals surface area (Å²) < 4.78 is 0. The molecule has 3 nitrogen and oxygen atoms in total. The summed E-state index contributed by atoms with van der Waals surface area (Å²) in [6.45, 7) is 1.57. The maximum atomic E-state index is 10.9. The van der Waals surface area contributed by atoms with Gasteiger partial charge in [-0.25, -0.2) is 4.99 Å². The quantitative estimate of drug-likeness (QED) is 0.612. The van der Waals surface area contributed by atoms with Gasteiger partial charge in [-0.15, -0.1) is 0 Å². The molecule has 0 saturated heterocycles. The third-order valence-corrected chi connectivity index (χ3v) is 2.71. The topological polar surface area (TPSA) is 32.7 Å². The maximum Gasteiger partial charge on any atom is 0.163 e. The van der Waals surface area contributed by atoms with Crippen molar-refractivity contribution in [2.24, 2.45) is 4.99 Å². The molecule has 0 saturated carbocycles. The standard InChI is InChI=1S/C8H12N2OS/c1-6(11)7-4-9-8(10(2)3)12-5-7/h4H,5H2,1-3H3. The average molecular weight is 184 g/mol. The van der Waals surface area contributed by atoms with Crippen LogP contribution in [0.3, 0.4) is 0 Å². The number of nitrogens with zero attached hydrogens (tertiary/aromatic N) is 2. The highest BCUT2D eigenvalue weighted by atomic mass is 32.2. The third kappa shape index (κ3) is 2.11. The first kappa shape index (κ1) is 9.32. The lowest BCUT2D eigenvalue weighted by molar-refractivity contribution is -0.113. The smallest absolute Gasteiger partial charge is 0.163 e. The third-order valence-electron chi connectivity index (χ3n) is 1.52. The van der Waals surface area contributed by atoms with Crippen LogP contribution < -0.4 is 0 Å².